The van der Waals surface area contributed by atoms with Crippen LogP contribution < -0.4 is 10.0 Å². The first-order valence-electron chi connectivity index (χ1n) is 8.81. The first-order chi connectivity index (χ1) is 12.4. The van der Waals surface area contributed by atoms with Crippen LogP contribution in [0.5, 0.6) is 0 Å². The van der Waals surface area contributed by atoms with Gasteiger partial charge < -0.3 is 5.32 Å². The number of hydrogen-bond donors (Lipinski definition) is 2. The topological polar surface area (TPSA) is 75.3 Å². The molecule has 0 aliphatic heterocycles. The highest BCUT2D eigenvalue weighted by Crippen LogP contribution is 2.29. The quantitative estimate of drug-likeness (QED) is 0.847. The zero-order valence-corrected chi connectivity index (χ0v) is 15.9. The Balaban J connectivity index is 1.63. The lowest BCUT2D eigenvalue weighted by atomic mass is 9.88. The van der Waals surface area contributed by atoms with Crippen LogP contribution in [-0.4, -0.2) is 20.9 Å². The van der Waals surface area contributed by atoms with Gasteiger partial charge in [-0.15, -0.1) is 0 Å². The molecule has 0 fully saturated rings. The fourth-order valence-electron chi connectivity index (χ4n) is 3.27. The van der Waals surface area contributed by atoms with E-state index in [0.717, 1.165) is 36.0 Å². The lowest BCUT2D eigenvalue weighted by Gasteiger charge is -2.26. The fourth-order valence-corrected chi connectivity index (χ4v) is 4.34. The zero-order chi connectivity index (χ0) is 18.7. The van der Waals surface area contributed by atoms with E-state index in [1.165, 1.54) is 5.56 Å². The molecule has 3 rings (SSSR count). The number of carbonyl (C=O) groups is 1. The molecule has 0 saturated heterocycles. The Labute approximate surface area is 154 Å². The van der Waals surface area contributed by atoms with E-state index in [2.05, 4.69) is 16.1 Å². The van der Waals surface area contributed by atoms with Crippen molar-refractivity contribution in [2.24, 2.45) is 0 Å². The van der Waals surface area contributed by atoms with Gasteiger partial charge in [-0.3, -0.25) is 4.79 Å². The molecule has 6 heteroatoms. The largest absolute Gasteiger partial charge is 0.348 e. The van der Waals surface area contributed by atoms with Crippen molar-refractivity contribution in [3.63, 3.8) is 0 Å². The van der Waals surface area contributed by atoms with Crippen LogP contribution in [0.25, 0.3) is 0 Å². The molecular weight excluding hydrogens is 348 g/mol. The van der Waals surface area contributed by atoms with Gasteiger partial charge in [0, 0.05) is 0 Å². The van der Waals surface area contributed by atoms with Crippen molar-refractivity contribution in [2.45, 2.75) is 44.0 Å². The minimum atomic E-state index is -3.71. The second-order valence-electron chi connectivity index (χ2n) is 6.78. The highest BCUT2D eigenvalue weighted by atomic mass is 32.2. The molecule has 0 heterocycles. The number of hydrogen-bond acceptors (Lipinski definition) is 3. The maximum absolute atomic E-state index is 12.4. The molecule has 1 atom stereocenters. The first kappa shape index (κ1) is 18.6. The number of benzene rings is 2. The van der Waals surface area contributed by atoms with Gasteiger partial charge in [0.1, 0.15) is 0 Å². The van der Waals surface area contributed by atoms with Crippen LogP contribution in [0.3, 0.4) is 0 Å². The Kier molecular flexibility index (Phi) is 5.44. The minimum Gasteiger partial charge on any atom is -0.348 e. The third kappa shape index (κ3) is 4.14. The number of aryl methyl sites for hydroxylation is 3. The number of nitrogens with one attached hydrogen (secondary N) is 2. The summed E-state index contributed by atoms with van der Waals surface area (Å²) in [5.74, 6) is -0.320. The second-order valence-corrected chi connectivity index (χ2v) is 8.55. The third-order valence-corrected chi connectivity index (χ3v) is 6.31. The van der Waals surface area contributed by atoms with Crippen molar-refractivity contribution in [3.8, 4) is 0 Å². The smallest absolute Gasteiger partial charge is 0.241 e. The lowest BCUT2D eigenvalue weighted by Crippen LogP contribution is -2.39. The van der Waals surface area contributed by atoms with Gasteiger partial charge >= 0.3 is 0 Å². The molecule has 0 bridgehead atoms. The second kappa shape index (κ2) is 7.60. The predicted molar refractivity (Wildman–Crippen MR) is 101 cm³/mol. The van der Waals surface area contributed by atoms with Crippen LogP contribution in [-0.2, 0) is 21.2 Å². The molecule has 0 radical (unpaired) electrons. The Morgan fingerprint density at radius 2 is 1.88 bits per heavy atom. The SMILES string of the molecule is Cc1ccc(S(=O)(=O)NCC(=O)N[C@H]2CCCc3ccccc32)cc1C. The van der Waals surface area contributed by atoms with E-state index in [1.54, 1.807) is 18.2 Å². The van der Waals surface area contributed by atoms with Crippen LogP contribution in [0.1, 0.15) is 41.1 Å². The first-order valence-corrected chi connectivity index (χ1v) is 10.3. The van der Waals surface area contributed by atoms with E-state index in [9.17, 15) is 13.2 Å². The van der Waals surface area contributed by atoms with Crippen molar-refractivity contribution in [1.82, 2.24) is 10.0 Å². The van der Waals surface area contributed by atoms with Gasteiger partial charge in [0.15, 0.2) is 0 Å². The number of fused-ring (bicyclic) bond motifs is 1. The Hall–Kier alpha value is -2.18. The molecule has 2 aromatic carbocycles. The van der Waals surface area contributed by atoms with Gasteiger partial charge in [0.05, 0.1) is 17.5 Å². The normalized spacial score (nSPS) is 16.8. The van der Waals surface area contributed by atoms with E-state index in [4.69, 9.17) is 0 Å². The Morgan fingerprint density at radius 3 is 2.65 bits per heavy atom. The molecule has 26 heavy (non-hydrogen) atoms. The number of rotatable bonds is 5. The van der Waals surface area contributed by atoms with Crippen molar-refractivity contribution in [2.75, 3.05) is 6.54 Å². The lowest BCUT2D eigenvalue weighted by molar-refractivity contribution is -0.120. The highest BCUT2D eigenvalue weighted by Gasteiger charge is 2.22. The number of carbonyl (C=O) groups excluding carboxylic acids is 1. The van der Waals surface area contributed by atoms with Crippen LogP contribution in [0.2, 0.25) is 0 Å². The average molecular weight is 372 g/mol. The summed E-state index contributed by atoms with van der Waals surface area (Å²) < 4.78 is 27.2. The highest BCUT2D eigenvalue weighted by molar-refractivity contribution is 7.89. The van der Waals surface area contributed by atoms with Gasteiger partial charge in [-0.05, 0) is 67.5 Å². The average Bonchev–Trinajstić information content (AvgIpc) is 2.63. The summed E-state index contributed by atoms with van der Waals surface area (Å²) in [4.78, 5) is 12.5. The maximum atomic E-state index is 12.4. The van der Waals surface area contributed by atoms with Crippen LogP contribution >= 0.6 is 0 Å². The van der Waals surface area contributed by atoms with E-state index in [1.807, 2.05) is 32.0 Å². The molecule has 1 amide bonds. The standard InChI is InChI=1S/C20H24N2O3S/c1-14-10-11-17(12-15(14)2)26(24,25)21-13-20(23)22-19-9-5-7-16-6-3-4-8-18(16)19/h3-4,6,8,10-12,19,21H,5,7,9,13H2,1-2H3,(H,22,23)/t19-/m0/s1. The van der Waals surface area contributed by atoms with E-state index in [0.29, 0.717) is 0 Å². The van der Waals surface area contributed by atoms with Crippen molar-refractivity contribution < 1.29 is 13.2 Å². The third-order valence-electron chi connectivity index (χ3n) is 4.92. The van der Waals surface area contributed by atoms with Gasteiger partial charge in [0.25, 0.3) is 0 Å². The summed E-state index contributed by atoms with van der Waals surface area (Å²) in [6.45, 7) is 3.52. The molecule has 1 aliphatic carbocycles. The Bertz CT molecular complexity index is 922. The molecule has 0 aromatic heterocycles. The van der Waals surface area contributed by atoms with E-state index in [-0.39, 0.29) is 23.4 Å². The summed E-state index contributed by atoms with van der Waals surface area (Å²) >= 11 is 0. The van der Waals surface area contributed by atoms with E-state index >= 15 is 0 Å². The summed E-state index contributed by atoms with van der Waals surface area (Å²) in [7, 11) is -3.71. The molecule has 138 valence electrons. The molecule has 2 N–H and O–H groups in total. The minimum absolute atomic E-state index is 0.0569. The molecule has 0 unspecified atom stereocenters. The van der Waals surface area contributed by atoms with Gasteiger partial charge in [-0.1, -0.05) is 30.3 Å². The molecular formula is C20H24N2O3S. The van der Waals surface area contributed by atoms with Crippen LogP contribution in [0.15, 0.2) is 47.4 Å². The van der Waals surface area contributed by atoms with Gasteiger partial charge in [0.2, 0.25) is 15.9 Å². The Morgan fingerprint density at radius 1 is 1.12 bits per heavy atom. The molecule has 0 saturated carbocycles. The summed E-state index contributed by atoms with van der Waals surface area (Å²) in [6, 6.07) is 13.0. The molecule has 2 aromatic rings. The molecule has 0 spiro atoms. The van der Waals surface area contributed by atoms with Crippen molar-refractivity contribution in [1.29, 1.82) is 0 Å². The van der Waals surface area contributed by atoms with Crippen LogP contribution in [0, 0.1) is 13.8 Å². The number of amides is 1. The van der Waals surface area contributed by atoms with E-state index < -0.39 is 10.0 Å². The summed E-state index contributed by atoms with van der Waals surface area (Å²) in [5.41, 5.74) is 4.30. The van der Waals surface area contributed by atoms with Crippen molar-refractivity contribution >= 4 is 15.9 Å². The fraction of sp³-hybridized carbons (Fsp3) is 0.350. The molecule has 5 nitrogen and oxygen atoms in total. The molecule has 1 aliphatic rings. The van der Waals surface area contributed by atoms with Gasteiger partial charge in [-0.25, -0.2) is 13.1 Å². The summed E-state index contributed by atoms with van der Waals surface area (Å²) in [5, 5.41) is 2.95. The monoisotopic (exact) mass is 372 g/mol. The zero-order valence-electron chi connectivity index (χ0n) is 15.1. The summed E-state index contributed by atoms with van der Waals surface area (Å²) in [6.07, 6.45) is 2.89. The van der Waals surface area contributed by atoms with Crippen molar-refractivity contribution in [3.05, 3.63) is 64.7 Å². The van der Waals surface area contributed by atoms with Gasteiger partial charge in [-0.2, -0.15) is 0 Å². The number of sulfonamides is 1. The van der Waals surface area contributed by atoms with Crippen LogP contribution in [0.4, 0.5) is 0 Å². The predicted octanol–water partition coefficient (Wildman–Crippen LogP) is 2.78. The maximum Gasteiger partial charge on any atom is 0.241 e.